The molecule has 2 amide bonds. The van der Waals surface area contributed by atoms with Gasteiger partial charge in [0, 0.05) is 37.3 Å². The summed E-state index contributed by atoms with van der Waals surface area (Å²) in [5.41, 5.74) is 4.77. The predicted molar refractivity (Wildman–Crippen MR) is 108 cm³/mol. The minimum Gasteiger partial charge on any atom is -0.312 e. The summed E-state index contributed by atoms with van der Waals surface area (Å²) in [6.07, 6.45) is 4.51. The second kappa shape index (κ2) is 7.85. The molecule has 4 rings (SSSR count). The number of amides is 2. The van der Waals surface area contributed by atoms with Crippen LogP contribution < -0.4 is 9.80 Å². The Hall–Kier alpha value is -3.13. The second-order valence-electron chi connectivity index (χ2n) is 7.42. The van der Waals surface area contributed by atoms with Gasteiger partial charge in [-0.15, -0.1) is 0 Å². The van der Waals surface area contributed by atoms with E-state index in [-0.39, 0.29) is 11.8 Å². The smallest absolute Gasteiger partial charge is 0.227 e. The van der Waals surface area contributed by atoms with E-state index in [1.54, 1.807) is 12.1 Å². The van der Waals surface area contributed by atoms with Crippen LogP contribution in [0.3, 0.4) is 0 Å². The maximum absolute atomic E-state index is 12.9. The molecule has 5 nitrogen and oxygen atoms in total. The average Bonchev–Trinajstić information content (AvgIpc) is 3.17. The lowest BCUT2D eigenvalue weighted by molar-refractivity contribution is -0.119. The molecule has 142 valence electrons. The van der Waals surface area contributed by atoms with Gasteiger partial charge in [0.05, 0.1) is 11.6 Å². The number of benzene rings is 2. The Labute approximate surface area is 165 Å². The monoisotopic (exact) mass is 373 g/mol. The molecular formula is C23H23N3O2. The third-order valence-electron chi connectivity index (χ3n) is 5.58. The van der Waals surface area contributed by atoms with E-state index in [0.29, 0.717) is 24.8 Å². The molecule has 0 N–H and O–H groups in total. The number of anilines is 2. The summed E-state index contributed by atoms with van der Waals surface area (Å²) >= 11 is 0. The van der Waals surface area contributed by atoms with Crippen LogP contribution in [0.2, 0.25) is 0 Å². The summed E-state index contributed by atoms with van der Waals surface area (Å²) in [5, 5.41) is 8.88. The van der Waals surface area contributed by atoms with Crippen molar-refractivity contribution in [2.75, 3.05) is 22.9 Å². The van der Waals surface area contributed by atoms with Crippen molar-refractivity contribution in [1.82, 2.24) is 0 Å². The zero-order valence-electron chi connectivity index (χ0n) is 15.9. The minimum atomic E-state index is 0.121. The highest BCUT2D eigenvalue weighted by atomic mass is 16.2. The van der Waals surface area contributed by atoms with E-state index < -0.39 is 0 Å². The van der Waals surface area contributed by atoms with E-state index in [9.17, 15) is 9.59 Å². The van der Waals surface area contributed by atoms with Crippen molar-refractivity contribution in [2.24, 2.45) is 0 Å². The lowest BCUT2D eigenvalue weighted by Crippen LogP contribution is -2.35. The van der Waals surface area contributed by atoms with E-state index in [2.05, 4.69) is 12.1 Å². The van der Waals surface area contributed by atoms with E-state index in [4.69, 9.17) is 5.26 Å². The van der Waals surface area contributed by atoms with E-state index in [1.807, 2.05) is 34.1 Å². The molecule has 0 unspecified atom stereocenters. The lowest BCUT2D eigenvalue weighted by atomic mass is 9.99. The Kier molecular flexibility index (Phi) is 5.12. The number of rotatable bonds is 4. The zero-order valence-corrected chi connectivity index (χ0v) is 15.9. The molecule has 5 heteroatoms. The van der Waals surface area contributed by atoms with Crippen molar-refractivity contribution in [2.45, 2.75) is 38.5 Å². The van der Waals surface area contributed by atoms with E-state index in [0.717, 1.165) is 54.9 Å². The molecule has 0 aromatic heterocycles. The summed E-state index contributed by atoms with van der Waals surface area (Å²) in [6, 6.07) is 15.6. The summed E-state index contributed by atoms with van der Waals surface area (Å²) in [7, 11) is 0. The molecule has 0 bridgehead atoms. The first-order chi connectivity index (χ1) is 13.7. The SMILES string of the molecule is N#Cc1ccc(CCC(=O)N2CCCc3cc(N4CCCC4=O)ccc32)cc1. The molecule has 2 heterocycles. The van der Waals surface area contributed by atoms with E-state index >= 15 is 0 Å². The first-order valence-corrected chi connectivity index (χ1v) is 9.88. The van der Waals surface area contributed by atoms with Crippen molar-refractivity contribution in [1.29, 1.82) is 5.26 Å². The molecular weight excluding hydrogens is 350 g/mol. The van der Waals surface area contributed by atoms with Crippen molar-refractivity contribution in [3.05, 3.63) is 59.2 Å². The summed E-state index contributed by atoms with van der Waals surface area (Å²) in [4.78, 5) is 28.6. The fourth-order valence-electron chi connectivity index (χ4n) is 4.06. The van der Waals surface area contributed by atoms with Gasteiger partial charge in [-0.3, -0.25) is 9.59 Å². The molecule has 0 radical (unpaired) electrons. The molecule has 1 fully saturated rings. The topological polar surface area (TPSA) is 64.4 Å². The number of fused-ring (bicyclic) bond motifs is 1. The molecule has 2 aromatic rings. The maximum atomic E-state index is 12.9. The predicted octanol–water partition coefficient (Wildman–Crippen LogP) is 3.60. The first kappa shape index (κ1) is 18.2. The Bertz CT molecular complexity index is 943. The van der Waals surface area contributed by atoms with Crippen LogP contribution in [0.1, 0.15) is 42.4 Å². The van der Waals surface area contributed by atoms with Gasteiger partial charge in [-0.25, -0.2) is 0 Å². The van der Waals surface area contributed by atoms with Gasteiger partial charge in [-0.1, -0.05) is 12.1 Å². The number of nitriles is 1. The van der Waals surface area contributed by atoms with Crippen LogP contribution in [0.15, 0.2) is 42.5 Å². The molecule has 2 aliphatic heterocycles. The normalized spacial score (nSPS) is 16.0. The standard InChI is InChI=1S/C23H23N3O2/c24-16-18-7-5-17(6-8-18)9-12-23(28)26-14-1-3-19-15-20(10-11-21(19)26)25-13-2-4-22(25)27/h5-8,10-11,15H,1-4,9,12-14H2. The van der Waals surface area contributed by atoms with Crippen LogP contribution >= 0.6 is 0 Å². The highest BCUT2D eigenvalue weighted by Gasteiger charge is 2.26. The minimum absolute atomic E-state index is 0.121. The Morgan fingerprint density at radius 3 is 2.54 bits per heavy atom. The van der Waals surface area contributed by atoms with Crippen LogP contribution in [-0.4, -0.2) is 24.9 Å². The summed E-state index contributed by atoms with van der Waals surface area (Å²) in [6.45, 7) is 1.52. The van der Waals surface area contributed by atoms with Gasteiger partial charge in [0.1, 0.15) is 0 Å². The largest absolute Gasteiger partial charge is 0.312 e. The molecule has 0 spiro atoms. The average molecular weight is 373 g/mol. The molecule has 1 saturated heterocycles. The maximum Gasteiger partial charge on any atom is 0.227 e. The number of hydrogen-bond donors (Lipinski definition) is 0. The van der Waals surface area contributed by atoms with Crippen LogP contribution in [0, 0.1) is 11.3 Å². The Balaban J connectivity index is 1.46. The van der Waals surface area contributed by atoms with Crippen molar-refractivity contribution >= 4 is 23.2 Å². The molecule has 28 heavy (non-hydrogen) atoms. The number of carbonyl (C=O) groups excluding carboxylic acids is 2. The summed E-state index contributed by atoms with van der Waals surface area (Å²) in [5.74, 6) is 0.307. The van der Waals surface area contributed by atoms with Gasteiger partial charge in [0.15, 0.2) is 0 Å². The quantitative estimate of drug-likeness (QED) is 0.823. The highest BCUT2D eigenvalue weighted by molar-refractivity contribution is 5.97. The number of nitrogens with zero attached hydrogens (tertiary/aromatic N) is 3. The van der Waals surface area contributed by atoms with Crippen molar-refractivity contribution in [3.8, 4) is 6.07 Å². The fourth-order valence-corrected chi connectivity index (χ4v) is 4.06. The zero-order chi connectivity index (χ0) is 19.5. The van der Waals surface area contributed by atoms with Gasteiger partial charge in [0.25, 0.3) is 0 Å². The fraction of sp³-hybridized carbons (Fsp3) is 0.348. The van der Waals surface area contributed by atoms with Gasteiger partial charge in [-0.05, 0) is 67.1 Å². The van der Waals surface area contributed by atoms with Gasteiger partial charge < -0.3 is 9.80 Å². The number of aryl methyl sites for hydroxylation is 2. The highest BCUT2D eigenvalue weighted by Crippen LogP contribution is 2.33. The lowest BCUT2D eigenvalue weighted by Gasteiger charge is -2.31. The van der Waals surface area contributed by atoms with E-state index in [1.165, 1.54) is 0 Å². The third-order valence-corrected chi connectivity index (χ3v) is 5.58. The Morgan fingerprint density at radius 2 is 1.82 bits per heavy atom. The third kappa shape index (κ3) is 3.63. The summed E-state index contributed by atoms with van der Waals surface area (Å²) < 4.78 is 0. The second-order valence-corrected chi connectivity index (χ2v) is 7.42. The van der Waals surface area contributed by atoms with Gasteiger partial charge >= 0.3 is 0 Å². The van der Waals surface area contributed by atoms with Gasteiger partial charge in [-0.2, -0.15) is 5.26 Å². The molecule has 0 saturated carbocycles. The molecule has 0 aliphatic carbocycles. The molecule has 2 aromatic carbocycles. The first-order valence-electron chi connectivity index (χ1n) is 9.88. The number of hydrogen-bond acceptors (Lipinski definition) is 3. The molecule has 2 aliphatic rings. The van der Waals surface area contributed by atoms with Crippen LogP contribution in [0.4, 0.5) is 11.4 Å². The van der Waals surface area contributed by atoms with Gasteiger partial charge in [0.2, 0.25) is 11.8 Å². The van der Waals surface area contributed by atoms with Crippen LogP contribution in [-0.2, 0) is 22.4 Å². The van der Waals surface area contributed by atoms with Crippen molar-refractivity contribution in [3.63, 3.8) is 0 Å². The molecule has 0 atom stereocenters. The van der Waals surface area contributed by atoms with Crippen LogP contribution in [0.25, 0.3) is 0 Å². The Morgan fingerprint density at radius 1 is 1.04 bits per heavy atom. The van der Waals surface area contributed by atoms with Crippen LogP contribution in [0.5, 0.6) is 0 Å². The van der Waals surface area contributed by atoms with Crippen molar-refractivity contribution < 1.29 is 9.59 Å². The number of carbonyl (C=O) groups is 2.